The summed E-state index contributed by atoms with van der Waals surface area (Å²) in [5.74, 6) is 1.71. The predicted octanol–water partition coefficient (Wildman–Crippen LogP) is 3.16. The SMILES string of the molecule is CC(=N)[C@@H](C)CCCCC1CN1C(=O)CCCC[C@H]1SCC2NC(=O)NC21. The molecule has 3 saturated heterocycles. The van der Waals surface area contributed by atoms with Crippen LogP contribution >= 0.6 is 11.8 Å². The van der Waals surface area contributed by atoms with Crippen LogP contribution in [0.2, 0.25) is 0 Å². The van der Waals surface area contributed by atoms with Gasteiger partial charge in [0.1, 0.15) is 0 Å². The molecule has 0 aliphatic carbocycles. The Kier molecular flexibility index (Phi) is 7.06. The van der Waals surface area contributed by atoms with Crippen LogP contribution in [0.1, 0.15) is 65.2 Å². The Morgan fingerprint density at radius 3 is 2.81 bits per heavy atom. The van der Waals surface area contributed by atoms with Crippen LogP contribution in [0.3, 0.4) is 0 Å². The molecular formula is C20H34N4O2S. The van der Waals surface area contributed by atoms with E-state index in [1.807, 2.05) is 23.6 Å². The smallest absolute Gasteiger partial charge is 0.315 e. The fourth-order valence-corrected chi connectivity index (χ4v) is 5.73. The summed E-state index contributed by atoms with van der Waals surface area (Å²) in [6.07, 6.45) is 8.27. The Hall–Kier alpha value is -1.24. The van der Waals surface area contributed by atoms with Gasteiger partial charge in [0.2, 0.25) is 5.91 Å². The van der Waals surface area contributed by atoms with Crippen molar-refractivity contribution in [2.45, 2.75) is 88.6 Å². The number of fused-ring (bicyclic) bond motifs is 1. The third-order valence-electron chi connectivity index (χ3n) is 6.27. The highest BCUT2D eigenvalue weighted by Crippen LogP contribution is 2.33. The van der Waals surface area contributed by atoms with E-state index in [9.17, 15) is 9.59 Å². The molecule has 0 radical (unpaired) electrons. The summed E-state index contributed by atoms with van der Waals surface area (Å²) >= 11 is 1.94. The van der Waals surface area contributed by atoms with Gasteiger partial charge in [0.25, 0.3) is 0 Å². The average Bonchev–Trinajstić information content (AvgIpc) is 3.18. The van der Waals surface area contributed by atoms with Gasteiger partial charge < -0.3 is 20.9 Å². The first-order valence-electron chi connectivity index (χ1n) is 10.5. The van der Waals surface area contributed by atoms with Gasteiger partial charge in [0, 0.05) is 35.7 Å². The predicted molar refractivity (Wildman–Crippen MR) is 110 cm³/mol. The molecular weight excluding hydrogens is 360 g/mol. The summed E-state index contributed by atoms with van der Waals surface area (Å²) < 4.78 is 0. The summed E-state index contributed by atoms with van der Waals surface area (Å²) in [5, 5.41) is 14.1. The highest BCUT2D eigenvalue weighted by atomic mass is 32.2. The Morgan fingerprint density at radius 2 is 2.04 bits per heavy atom. The molecule has 6 nitrogen and oxygen atoms in total. The quantitative estimate of drug-likeness (QED) is 0.218. The minimum absolute atomic E-state index is 0.0273. The van der Waals surface area contributed by atoms with Gasteiger partial charge in [-0.3, -0.25) is 4.79 Å². The number of carbonyl (C=O) groups excluding carboxylic acids is 2. The van der Waals surface area contributed by atoms with Crippen LogP contribution in [-0.4, -0.2) is 58.2 Å². The van der Waals surface area contributed by atoms with E-state index in [1.165, 1.54) is 0 Å². The van der Waals surface area contributed by atoms with E-state index in [2.05, 4.69) is 17.6 Å². The highest BCUT2D eigenvalue weighted by molar-refractivity contribution is 8.00. The summed E-state index contributed by atoms with van der Waals surface area (Å²) in [6, 6.07) is 1.01. The van der Waals surface area contributed by atoms with Gasteiger partial charge >= 0.3 is 6.03 Å². The number of hydrogen-bond donors (Lipinski definition) is 3. The molecule has 0 aromatic heterocycles. The third-order valence-corrected chi connectivity index (χ3v) is 7.77. The number of carbonyl (C=O) groups is 2. The van der Waals surface area contributed by atoms with Crippen molar-refractivity contribution in [1.29, 1.82) is 5.41 Å². The maximum absolute atomic E-state index is 12.3. The standard InChI is InChI=1S/C20H34N4O2S/c1-13(14(2)21)7-3-4-8-15-11-24(15)18(25)10-6-5-9-17-19-16(12-27-17)22-20(26)23-19/h13,15-17,19,21H,3-12H2,1-2H3,(H2,22,23,26)/t13-,15?,16?,17+,19?,24?/m0/s1. The van der Waals surface area contributed by atoms with Gasteiger partial charge in [-0.15, -0.1) is 0 Å². The van der Waals surface area contributed by atoms with Crippen molar-refractivity contribution >= 4 is 29.4 Å². The lowest BCUT2D eigenvalue weighted by molar-refractivity contribution is -0.126. The monoisotopic (exact) mass is 394 g/mol. The first-order valence-corrected chi connectivity index (χ1v) is 11.5. The second kappa shape index (κ2) is 9.30. The molecule has 3 rings (SSSR count). The summed E-state index contributed by atoms with van der Waals surface area (Å²) in [5.41, 5.74) is 0.774. The lowest BCUT2D eigenvalue weighted by atomic mass is 9.99. The Labute approximate surface area is 167 Å². The van der Waals surface area contributed by atoms with Crippen molar-refractivity contribution in [2.75, 3.05) is 12.3 Å². The molecule has 3 fully saturated rings. The van der Waals surface area contributed by atoms with Crippen molar-refractivity contribution in [1.82, 2.24) is 15.5 Å². The van der Waals surface area contributed by atoms with E-state index in [0.29, 0.717) is 35.6 Å². The second-order valence-electron chi connectivity index (χ2n) is 8.44. The van der Waals surface area contributed by atoms with Crippen LogP contribution in [-0.2, 0) is 4.79 Å². The topological polar surface area (TPSA) is 85.1 Å². The van der Waals surface area contributed by atoms with Crippen molar-refractivity contribution in [3.8, 4) is 0 Å². The van der Waals surface area contributed by atoms with E-state index >= 15 is 0 Å². The minimum Gasteiger partial charge on any atom is -0.336 e. The number of nitrogens with one attached hydrogen (secondary N) is 3. The van der Waals surface area contributed by atoms with Gasteiger partial charge in [0.05, 0.1) is 12.1 Å². The zero-order chi connectivity index (χ0) is 19.4. The average molecular weight is 395 g/mol. The van der Waals surface area contributed by atoms with Crippen molar-refractivity contribution in [3.63, 3.8) is 0 Å². The Balaban J connectivity index is 1.22. The lowest BCUT2D eigenvalue weighted by Crippen LogP contribution is -2.36. The second-order valence-corrected chi connectivity index (χ2v) is 9.71. The van der Waals surface area contributed by atoms with Gasteiger partial charge in [0.15, 0.2) is 0 Å². The molecule has 7 heteroatoms. The van der Waals surface area contributed by atoms with E-state index in [0.717, 1.165) is 63.0 Å². The summed E-state index contributed by atoms with van der Waals surface area (Å²) in [4.78, 5) is 25.7. The van der Waals surface area contributed by atoms with Gasteiger partial charge in [-0.2, -0.15) is 11.8 Å². The van der Waals surface area contributed by atoms with E-state index < -0.39 is 0 Å². The van der Waals surface area contributed by atoms with Crippen LogP contribution in [0.25, 0.3) is 0 Å². The molecule has 3 amide bonds. The van der Waals surface area contributed by atoms with Crippen LogP contribution in [0.15, 0.2) is 0 Å². The molecule has 0 spiro atoms. The Bertz CT molecular complexity index is 570. The molecule has 0 aromatic carbocycles. The van der Waals surface area contributed by atoms with Crippen LogP contribution < -0.4 is 10.6 Å². The normalized spacial score (nSPS) is 29.9. The van der Waals surface area contributed by atoms with Crippen molar-refractivity contribution < 1.29 is 9.59 Å². The number of thioether (sulfide) groups is 1. The largest absolute Gasteiger partial charge is 0.336 e. The first-order chi connectivity index (χ1) is 13.0. The Morgan fingerprint density at radius 1 is 1.26 bits per heavy atom. The maximum Gasteiger partial charge on any atom is 0.315 e. The zero-order valence-electron chi connectivity index (χ0n) is 16.6. The molecule has 3 heterocycles. The molecule has 3 unspecified atom stereocenters. The molecule has 152 valence electrons. The number of amides is 3. The molecule has 3 aliphatic rings. The fourth-order valence-electron chi connectivity index (χ4n) is 4.19. The van der Waals surface area contributed by atoms with Gasteiger partial charge in [-0.25, -0.2) is 4.79 Å². The molecule has 27 heavy (non-hydrogen) atoms. The molecule has 0 saturated carbocycles. The molecule has 3 aliphatic heterocycles. The van der Waals surface area contributed by atoms with E-state index in [4.69, 9.17) is 5.41 Å². The van der Waals surface area contributed by atoms with Gasteiger partial charge in [-0.05, 0) is 38.5 Å². The summed E-state index contributed by atoms with van der Waals surface area (Å²) in [6.45, 7) is 4.95. The van der Waals surface area contributed by atoms with Crippen LogP contribution in [0.5, 0.6) is 0 Å². The molecule has 0 bridgehead atoms. The van der Waals surface area contributed by atoms with E-state index in [1.54, 1.807) is 0 Å². The van der Waals surface area contributed by atoms with Gasteiger partial charge in [-0.1, -0.05) is 26.2 Å². The molecule has 3 N–H and O–H groups in total. The van der Waals surface area contributed by atoms with Crippen LogP contribution in [0, 0.1) is 11.3 Å². The molecule has 0 aromatic rings. The number of nitrogens with zero attached hydrogens (tertiary/aromatic N) is 1. The van der Waals surface area contributed by atoms with E-state index in [-0.39, 0.29) is 12.1 Å². The maximum atomic E-state index is 12.3. The zero-order valence-corrected chi connectivity index (χ0v) is 17.4. The van der Waals surface area contributed by atoms with Crippen molar-refractivity contribution in [3.05, 3.63) is 0 Å². The van der Waals surface area contributed by atoms with Crippen molar-refractivity contribution in [2.24, 2.45) is 5.92 Å². The number of rotatable bonds is 11. The lowest BCUT2D eigenvalue weighted by Gasteiger charge is -2.16. The highest BCUT2D eigenvalue weighted by Gasteiger charge is 2.42. The first kappa shape index (κ1) is 20.5. The fraction of sp³-hybridized carbons (Fsp3) is 0.850. The third kappa shape index (κ3) is 5.62. The number of unbranched alkanes of at least 4 members (excludes halogenated alkanes) is 2. The number of hydrogen-bond acceptors (Lipinski definition) is 4. The molecule has 5 atom stereocenters. The summed E-state index contributed by atoms with van der Waals surface area (Å²) in [7, 11) is 0. The minimum atomic E-state index is -0.0273. The van der Waals surface area contributed by atoms with Crippen LogP contribution in [0.4, 0.5) is 4.79 Å². The number of urea groups is 1.